The fourth-order valence-electron chi connectivity index (χ4n) is 4.08. The second-order valence-corrected chi connectivity index (χ2v) is 7.99. The maximum absolute atomic E-state index is 13.3. The predicted octanol–water partition coefficient (Wildman–Crippen LogP) is 4.27. The van der Waals surface area contributed by atoms with E-state index in [0.29, 0.717) is 45.4 Å². The van der Waals surface area contributed by atoms with Gasteiger partial charge in [0.2, 0.25) is 11.8 Å². The molecule has 2 amide bonds. The van der Waals surface area contributed by atoms with Gasteiger partial charge in [-0.25, -0.2) is 0 Å². The maximum Gasteiger partial charge on any atom is 0.226 e. The lowest BCUT2D eigenvalue weighted by atomic mass is 9.94. The van der Waals surface area contributed by atoms with Gasteiger partial charge in [-0.15, -0.1) is 0 Å². The molecule has 1 aliphatic heterocycles. The number of hydrogen-bond donors (Lipinski definition) is 0. The Hall–Kier alpha value is -3.28. The molecule has 0 spiro atoms. The highest BCUT2D eigenvalue weighted by Crippen LogP contribution is 2.23. The summed E-state index contributed by atoms with van der Waals surface area (Å²) < 4.78 is 10.9. The van der Waals surface area contributed by atoms with Crippen molar-refractivity contribution in [3.63, 3.8) is 0 Å². The van der Waals surface area contributed by atoms with Gasteiger partial charge in [0.05, 0.1) is 25.6 Å². The highest BCUT2D eigenvalue weighted by atomic mass is 16.3. The van der Waals surface area contributed by atoms with Crippen LogP contribution < -0.4 is 0 Å². The summed E-state index contributed by atoms with van der Waals surface area (Å²) in [6, 6.07) is 17.5. The van der Waals surface area contributed by atoms with E-state index in [0.717, 1.165) is 17.9 Å². The summed E-state index contributed by atoms with van der Waals surface area (Å²) in [5, 5.41) is 0. The largest absolute Gasteiger partial charge is 0.467 e. The fourth-order valence-corrected chi connectivity index (χ4v) is 4.08. The average Bonchev–Trinajstić information content (AvgIpc) is 3.52. The molecule has 3 aromatic rings. The standard InChI is InChI=1S/C25H28N2O4/c28-24(11-10-20-6-2-1-3-7-20)26-14-12-21(13-15-26)25(29)27(18-22-8-4-16-30-22)19-23-9-5-17-31-23/h1-9,16-17,21H,10-15,18-19H2. The number of carbonyl (C=O) groups is 2. The molecule has 1 saturated heterocycles. The zero-order chi connectivity index (χ0) is 21.5. The number of carbonyl (C=O) groups excluding carboxylic acids is 2. The molecule has 0 atom stereocenters. The second-order valence-electron chi connectivity index (χ2n) is 7.99. The summed E-state index contributed by atoms with van der Waals surface area (Å²) in [7, 11) is 0. The lowest BCUT2D eigenvalue weighted by Gasteiger charge is -2.34. The van der Waals surface area contributed by atoms with Crippen molar-refractivity contribution >= 4 is 11.8 Å². The molecule has 0 aliphatic carbocycles. The third-order valence-corrected chi connectivity index (χ3v) is 5.83. The van der Waals surface area contributed by atoms with Crippen molar-refractivity contribution in [1.82, 2.24) is 9.80 Å². The molecular weight excluding hydrogens is 392 g/mol. The first-order valence-electron chi connectivity index (χ1n) is 10.8. The molecule has 31 heavy (non-hydrogen) atoms. The van der Waals surface area contributed by atoms with Crippen LogP contribution in [0.25, 0.3) is 0 Å². The molecular formula is C25H28N2O4. The van der Waals surface area contributed by atoms with Crippen molar-refractivity contribution in [2.75, 3.05) is 13.1 Å². The minimum Gasteiger partial charge on any atom is -0.467 e. The molecule has 3 heterocycles. The Balaban J connectivity index is 1.31. The molecule has 0 saturated carbocycles. The normalized spacial score (nSPS) is 14.5. The lowest BCUT2D eigenvalue weighted by molar-refractivity contribution is -0.142. The van der Waals surface area contributed by atoms with E-state index in [2.05, 4.69) is 0 Å². The van der Waals surface area contributed by atoms with Crippen LogP contribution in [0.4, 0.5) is 0 Å². The molecule has 0 N–H and O–H groups in total. The minimum atomic E-state index is -0.0944. The molecule has 6 heteroatoms. The lowest BCUT2D eigenvalue weighted by Crippen LogP contribution is -2.44. The highest BCUT2D eigenvalue weighted by Gasteiger charge is 2.31. The van der Waals surface area contributed by atoms with Gasteiger partial charge in [-0.2, -0.15) is 0 Å². The van der Waals surface area contributed by atoms with Crippen molar-refractivity contribution in [1.29, 1.82) is 0 Å². The smallest absolute Gasteiger partial charge is 0.226 e. The van der Waals surface area contributed by atoms with E-state index >= 15 is 0 Å². The number of rotatable bonds is 8. The Labute approximate surface area is 182 Å². The number of likely N-dealkylation sites (tertiary alicyclic amines) is 1. The highest BCUT2D eigenvalue weighted by molar-refractivity contribution is 5.80. The van der Waals surface area contributed by atoms with Gasteiger partial charge >= 0.3 is 0 Å². The van der Waals surface area contributed by atoms with E-state index in [1.807, 2.05) is 59.5 Å². The molecule has 4 rings (SSSR count). The van der Waals surface area contributed by atoms with Gasteiger partial charge in [-0.05, 0) is 49.1 Å². The number of benzene rings is 1. The van der Waals surface area contributed by atoms with E-state index in [1.54, 1.807) is 17.4 Å². The van der Waals surface area contributed by atoms with Gasteiger partial charge in [0.1, 0.15) is 11.5 Å². The Morgan fingerprint density at radius 1 is 0.871 bits per heavy atom. The van der Waals surface area contributed by atoms with E-state index in [-0.39, 0.29) is 17.7 Å². The van der Waals surface area contributed by atoms with E-state index < -0.39 is 0 Å². The van der Waals surface area contributed by atoms with Crippen LogP contribution in [0.15, 0.2) is 76.0 Å². The van der Waals surface area contributed by atoms with E-state index in [1.165, 1.54) is 5.56 Å². The maximum atomic E-state index is 13.3. The van der Waals surface area contributed by atoms with Crippen LogP contribution >= 0.6 is 0 Å². The van der Waals surface area contributed by atoms with Crippen molar-refractivity contribution in [2.24, 2.45) is 5.92 Å². The summed E-state index contributed by atoms with van der Waals surface area (Å²) in [5.41, 5.74) is 1.17. The van der Waals surface area contributed by atoms with E-state index in [4.69, 9.17) is 8.83 Å². The summed E-state index contributed by atoms with van der Waals surface area (Å²) >= 11 is 0. The number of furan rings is 2. The van der Waals surface area contributed by atoms with Crippen LogP contribution in [0.1, 0.15) is 36.3 Å². The first kappa shape index (κ1) is 21.0. The quantitative estimate of drug-likeness (QED) is 0.546. The Morgan fingerprint density at radius 3 is 2.03 bits per heavy atom. The third kappa shape index (κ3) is 5.66. The number of nitrogens with zero attached hydrogens (tertiary/aromatic N) is 2. The van der Waals surface area contributed by atoms with Crippen LogP contribution in [0, 0.1) is 5.92 Å². The van der Waals surface area contributed by atoms with Gasteiger partial charge < -0.3 is 18.6 Å². The predicted molar refractivity (Wildman–Crippen MR) is 116 cm³/mol. The van der Waals surface area contributed by atoms with Crippen LogP contribution in [0.5, 0.6) is 0 Å². The van der Waals surface area contributed by atoms with Crippen molar-refractivity contribution in [2.45, 2.75) is 38.8 Å². The topological polar surface area (TPSA) is 66.9 Å². The second kappa shape index (κ2) is 10.2. The molecule has 1 aromatic carbocycles. The van der Waals surface area contributed by atoms with Crippen LogP contribution in [-0.2, 0) is 29.1 Å². The summed E-state index contributed by atoms with van der Waals surface area (Å²) in [5.74, 6) is 1.65. The van der Waals surface area contributed by atoms with Gasteiger partial charge in [0.25, 0.3) is 0 Å². The zero-order valence-corrected chi connectivity index (χ0v) is 17.6. The molecule has 162 valence electrons. The minimum absolute atomic E-state index is 0.0872. The first-order valence-corrected chi connectivity index (χ1v) is 10.8. The number of aryl methyl sites for hydroxylation is 1. The molecule has 1 aliphatic rings. The molecule has 0 unspecified atom stereocenters. The van der Waals surface area contributed by atoms with Crippen molar-refractivity contribution < 1.29 is 18.4 Å². The molecule has 6 nitrogen and oxygen atoms in total. The summed E-state index contributed by atoms with van der Waals surface area (Å²) in [6.45, 7) is 2.06. The van der Waals surface area contributed by atoms with Gasteiger partial charge in [0.15, 0.2) is 0 Å². The monoisotopic (exact) mass is 420 g/mol. The first-order chi connectivity index (χ1) is 15.2. The van der Waals surface area contributed by atoms with Gasteiger partial charge in [-0.1, -0.05) is 30.3 Å². The van der Waals surface area contributed by atoms with Crippen LogP contribution in [-0.4, -0.2) is 34.7 Å². The SMILES string of the molecule is O=C(CCc1ccccc1)N1CCC(C(=O)N(Cc2ccco2)Cc2ccco2)CC1. The van der Waals surface area contributed by atoms with Crippen molar-refractivity contribution in [3.05, 3.63) is 84.2 Å². The number of hydrogen-bond acceptors (Lipinski definition) is 4. The molecule has 0 radical (unpaired) electrons. The Morgan fingerprint density at radius 2 is 1.48 bits per heavy atom. The average molecular weight is 421 g/mol. The summed E-state index contributed by atoms with van der Waals surface area (Å²) in [4.78, 5) is 29.6. The Bertz CT molecular complexity index is 907. The molecule has 1 fully saturated rings. The third-order valence-electron chi connectivity index (χ3n) is 5.83. The molecule has 0 bridgehead atoms. The fraction of sp³-hybridized carbons (Fsp3) is 0.360. The number of piperidine rings is 1. The van der Waals surface area contributed by atoms with Crippen LogP contribution in [0.2, 0.25) is 0 Å². The molecule has 2 aromatic heterocycles. The Kier molecular flexibility index (Phi) is 6.87. The summed E-state index contributed by atoms with van der Waals surface area (Å²) in [6.07, 6.45) is 5.85. The number of amides is 2. The van der Waals surface area contributed by atoms with Crippen molar-refractivity contribution in [3.8, 4) is 0 Å². The zero-order valence-electron chi connectivity index (χ0n) is 17.6. The van der Waals surface area contributed by atoms with Gasteiger partial charge in [0, 0.05) is 25.4 Å². The van der Waals surface area contributed by atoms with Crippen LogP contribution in [0.3, 0.4) is 0 Å². The van der Waals surface area contributed by atoms with Gasteiger partial charge in [-0.3, -0.25) is 9.59 Å². The van der Waals surface area contributed by atoms with E-state index in [9.17, 15) is 9.59 Å².